The van der Waals surface area contributed by atoms with Gasteiger partial charge in [0.05, 0.1) is 0 Å². The predicted octanol–water partition coefficient (Wildman–Crippen LogP) is 2.04. The van der Waals surface area contributed by atoms with Crippen LogP contribution in [0.4, 0.5) is 0 Å². The molecule has 2 atom stereocenters. The average molecular weight is 374 g/mol. The Kier molecular flexibility index (Phi) is 5.21. The summed E-state index contributed by atoms with van der Waals surface area (Å²) in [6.07, 6.45) is 6.71. The molecule has 0 radical (unpaired) electrons. The fourth-order valence-corrected chi connectivity index (χ4v) is 4.38. The van der Waals surface area contributed by atoms with E-state index >= 15 is 0 Å². The minimum absolute atomic E-state index is 0.0578. The molecule has 7 heteroatoms. The molecular weight excluding hydrogens is 344 g/mol. The molecule has 0 bridgehead atoms. The number of amides is 2. The molecule has 2 amide bonds. The number of rotatable bonds is 4. The van der Waals surface area contributed by atoms with Crippen LogP contribution in [0.2, 0.25) is 0 Å². The van der Waals surface area contributed by atoms with E-state index in [9.17, 15) is 9.59 Å². The Morgan fingerprint density at radius 3 is 2.59 bits per heavy atom. The van der Waals surface area contributed by atoms with Gasteiger partial charge in [-0.2, -0.15) is 0 Å². The number of likely N-dealkylation sites (tertiary alicyclic amines) is 1. The normalized spacial score (nSPS) is 31.6. The van der Waals surface area contributed by atoms with E-state index in [1.807, 2.05) is 4.90 Å². The van der Waals surface area contributed by atoms with Gasteiger partial charge < -0.3 is 20.5 Å². The number of aromatic nitrogens is 1. The van der Waals surface area contributed by atoms with Crippen molar-refractivity contribution in [2.45, 2.75) is 69.9 Å². The monoisotopic (exact) mass is 374 g/mol. The van der Waals surface area contributed by atoms with E-state index in [-0.39, 0.29) is 35.7 Å². The molecule has 0 spiro atoms. The Hall–Kier alpha value is -1.89. The second kappa shape index (κ2) is 7.62. The molecule has 1 aromatic heterocycles. The van der Waals surface area contributed by atoms with Gasteiger partial charge in [0, 0.05) is 43.1 Å². The summed E-state index contributed by atoms with van der Waals surface area (Å²) in [5, 5.41) is 7.00. The first-order chi connectivity index (χ1) is 13.0. The van der Waals surface area contributed by atoms with Gasteiger partial charge >= 0.3 is 0 Å². The van der Waals surface area contributed by atoms with Crippen LogP contribution in [0.5, 0.6) is 0 Å². The quantitative estimate of drug-likeness (QED) is 0.840. The first-order valence-corrected chi connectivity index (χ1v) is 10.3. The third kappa shape index (κ3) is 4.18. The van der Waals surface area contributed by atoms with Crippen LogP contribution in [0.15, 0.2) is 10.6 Å². The Morgan fingerprint density at radius 1 is 1.19 bits per heavy atom. The summed E-state index contributed by atoms with van der Waals surface area (Å²) in [4.78, 5) is 27.3. The maximum atomic E-state index is 12.8. The molecule has 2 aliphatic carbocycles. The Morgan fingerprint density at radius 2 is 1.93 bits per heavy atom. The van der Waals surface area contributed by atoms with Gasteiger partial charge in [0.2, 0.25) is 5.91 Å². The summed E-state index contributed by atoms with van der Waals surface area (Å²) >= 11 is 0. The number of carbonyl (C=O) groups excluding carboxylic acids is 2. The molecule has 1 saturated heterocycles. The van der Waals surface area contributed by atoms with Crippen LogP contribution in [0.1, 0.15) is 74.0 Å². The van der Waals surface area contributed by atoms with E-state index in [0.717, 1.165) is 50.7 Å². The van der Waals surface area contributed by atoms with E-state index in [4.69, 9.17) is 10.3 Å². The van der Waals surface area contributed by atoms with Crippen molar-refractivity contribution in [3.63, 3.8) is 0 Å². The minimum Gasteiger partial charge on any atom is -0.360 e. The van der Waals surface area contributed by atoms with Crippen molar-refractivity contribution < 1.29 is 14.1 Å². The molecule has 1 aromatic rings. The Bertz CT molecular complexity index is 691. The summed E-state index contributed by atoms with van der Waals surface area (Å²) in [6, 6.07) is 2.08. The molecular formula is C20H30N4O3. The van der Waals surface area contributed by atoms with Crippen LogP contribution in [0.3, 0.4) is 0 Å². The third-order valence-corrected chi connectivity index (χ3v) is 6.40. The highest BCUT2D eigenvalue weighted by atomic mass is 16.5. The van der Waals surface area contributed by atoms with Gasteiger partial charge in [-0.05, 0) is 50.9 Å². The summed E-state index contributed by atoms with van der Waals surface area (Å²) < 4.78 is 5.28. The maximum absolute atomic E-state index is 12.8. The highest BCUT2D eigenvalue weighted by molar-refractivity contribution is 5.92. The van der Waals surface area contributed by atoms with E-state index in [1.165, 1.54) is 0 Å². The largest absolute Gasteiger partial charge is 0.360 e. The third-order valence-electron chi connectivity index (χ3n) is 6.40. The fourth-order valence-electron chi connectivity index (χ4n) is 4.38. The Labute approximate surface area is 160 Å². The summed E-state index contributed by atoms with van der Waals surface area (Å²) in [5.41, 5.74) is 6.32. The van der Waals surface area contributed by atoms with Crippen molar-refractivity contribution >= 4 is 11.8 Å². The average Bonchev–Trinajstić information content (AvgIpc) is 3.40. The van der Waals surface area contributed by atoms with E-state index in [1.54, 1.807) is 6.07 Å². The zero-order chi connectivity index (χ0) is 19.0. The number of hydrogen-bond acceptors (Lipinski definition) is 5. The molecule has 3 N–H and O–H groups in total. The molecule has 3 aliphatic rings. The standard InChI is InChI=1S/C20H30N4O3/c1-12-11-24(20(26)14-4-6-15(21)7-5-14)9-8-16(12)22-19(25)17-10-18(27-23-17)13-2-3-13/h10,12-16H,2-9,11,21H2,1H3,(H,22,25)/t12-,14?,15?,16+/m1/s1. The topological polar surface area (TPSA) is 101 Å². The molecule has 0 unspecified atom stereocenters. The molecule has 148 valence electrons. The molecule has 27 heavy (non-hydrogen) atoms. The minimum atomic E-state index is -0.177. The van der Waals surface area contributed by atoms with Gasteiger partial charge in [0.15, 0.2) is 5.69 Å². The molecule has 2 saturated carbocycles. The summed E-state index contributed by atoms with van der Waals surface area (Å²) in [7, 11) is 0. The van der Waals surface area contributed by atoms with Crippen LogP contribution in [0.25, 0.3) is 0 Å². The van der Waals surface area contributed by atoms with Gasteiger partial charge in [-0.1, -0.05) is 12.1 Å². The lowest BCUT2D eigenvalue weighted by Gasteiger charge is -2.39. The number of piperidine rings is 1. The maximum Gasteiger partial charge on any atom is 0.273 e. The van der Waals surface area contributed by atoms with Crippen LogP contribution in [-0.2, 0) is 4.79 Å². The van der Waals surface area contributed by atoms with Gasteiger partial charge in [0.1, 0.15) is 5.76 Å². The molecule has 4 rings (SSSR count). The summed E-state index contributed by atoms with van der Waals surface area (Å²) in [5.74, 6) is 1.70. The number of carbonyl (C=O) groups is 2. The lowest BCUT2D eigenvalue weighted by atomic mass is 9.84. The van der Waals surface area contributed by atoms with Crippen molar-refractivity contribution in [2.75, 3.05) is 13.1 Å². The van der Waals surface area contributed by atoms with Crippen LogP contribution < -0.4 is 11.1 Å². The summed E-state index contributed by atoms with van der Waals surface area (Å²) in [6.45, 7) is 3.49. The van der Waals surface area contributed by atoms with Gasteiger partial charge in [0.25, 0.3) is 5.91 Å². The van der Waals surface area contributed by atoms with Crippen molar-refractivity contribution in [1.82, 2.24) is 15.4 Å². The zero-order valence-electron chi connectivity index (χ0n) is 16.0. The van der Waals surface area contributed by atoms with Crippen molar-refractivity contribution in [3.8, 4) is 0 Å². The molecule has 1 aliphatic heterocycles. The van der Waals surface area contributed by atoms with Crippen molar-refractivity contribution in [3.05, 3.63) is 17.5 Å². The smallest absolute Gasteiger partial charge is 0.273 e. The van der Waals surface area contributed by atoms with Gasteiger partial charge in [-0.15, -0.1) is 0 Å². The first kappa shape index (κ1) is 18.5. The molecule has 3 fully saturated rings. The Balaban J connectivity index is 1.29. The highest BCUT2D eigenvalue weighted by Gasteiger charge is 2.35. The molecule has 0 aromatic carbocycles. The van der Waals surface area contributed by atoms with Gasteiger partial charge in [-0.3, -0.25) is 9.59 Å². The predicted molar refractivity (Wildman–Crippen MR) is 100 cm³/mol. The molecule has 2 heterocycles. The zero-order valence-corrected chi connectivity index (χ0v) is 16.0. The second-order valence-electron chi connectivity index (χ2n) is 8.63. The lowest BCUT2D eigenvalue weighted by Crippen LogP contribution is -2.53. The number of nitrogens with zero attached hydrogens (tertiary/aromatic N) is 2. The molecule has 7 nitrogen and oxygen atoms in total. The van der Waals surface area contributed by atoms with Crippen LogP contribution >= 0.6 is 0 Å². The highest BCUT2D eigenvalue weighted by Crippen LogP contribution is 2.40. The van der Waals surface area contributed by atoms with Gasteiger partial charge in [-0.25, -0.2) is 0 Å². The van der Waals surface area contributed by atoms with E-state index in [0.29, 0.717) is 24.7 Å². The first-order valence-electron chi connectivity index (χ1n) is 10.3. The second-order valence-corrected chi connectivity index (χ2v) is 8.63. The van der Waals surface area contributed by atoms with Crippen molar-refractivity contribution in [1.29, 1.82) is 0 Å². The van der Waals surface area contributed by atoms with E-state index in [2.05, 4.69) is 17.4 Å². The van der Waals surface area contributed by atoms with Crippen molar-refractivity contribution in [2.24, 2.45) is 17.6 Å². The van der Waals surface area contributed by atoms with Crippen LogP contribution in [0, 0.1) is 11.8 Å². The fraction of sp³-hybridized carbons (Fsp3) is 0.750. The SMILES string of the molecule is C[C@@H]1CN(C(=O)C2CCC(N)CC2)CC[C@@H]1NC(=O)c1cc(C2CC2)on1. The van der Waals surface area contributed by atoms with E-state index < -0.39 is 0 Å². The number of hydrogen-bond donors (Lipinski definition) is 2. The van der Waals surface area contributed by atoms with Crippen LogP contribution in [-0.4, -0.2) is 47.0 Å². The lowest BCUT2D eigenvalue weighted by molar-refractivity contribution is -0.138. The number of nitrogens with two attached hydrogens (primary N) is 1. The number of nitrogens with one attached hydrogen (secondary N) is 1.